The lowest BCUT2D eigenvalue weighted by Crippen LogP contribution is -2.41. The first-order valence-electron chi connectivity index (χ1n) is 9.71. The molecule has 1 amide bonds. The minimum Gasteiger partial charge on any atom is -0.354 e. The number of carbonyl (C=O) groups excluding carboxylic acids is 1. The summed E-state index contributed by atoms with van der Waals surface area (Å²) in [5.74, 6) is -0.552. The number of sulfonamides is 1. The molecule has 1 aromatic rings. The normalized spacial score (nSPS) is 16.3. The number of amides is 1. The number of rotatable bonds is 8. The number of hydrogen-bond donors (Lipinski definition) is 1. The fraction of sp³-hybridized carbons (Fsp3) is 0.632. The molecule has 1 saturated heterocycles. The topological polar surface area (TPSA) is 69.7 Å². The van der Waals surface area contributed by atoms with Gasteiger partial charge in [0, 0.05) is 6.54 Å². The van der Waals surface area contributed by atoms with Crippen LogP contribution in [0.3, 0.4) is 0 Å². The van der Waals surface area contributed by atoms with Crippen LogP contribution in [0.2, 0.25) is 0 Å². The highest BCUT2D eigenvalue weighted by Gasteiger charge is 2.32. The first kappa shape index (κ1) is 23.5. The number of nitrogens with one attached hydrogen (secondary N) is 1. The summed E-state index contributed by atoms with van der Waals surface area (Å²) < 4.78 is 63.6. The van der Waals surface area contributed by atoms with Crippen molar-refractivity contribution in [2.75, 3.05) is 43.3 Å². The second-order valence-electron chi connectivity index (χ2n) is 7.28. The van der Waals surface area contributed by atoms with Gasteiger partial charge in [-0.1, -0.05) is 18.9 Å². The van der Waals surface area contributed by atoms with Crippen molar-refractivity contribution in [3.63, 3.8) is 0 Å². The summed E-state index contributed by atoms with van der Waals surface area (Å²) in [7, 11) is -3.93. The third-order valence-electron chi connectivity index (χ3n) is 4.82. The van der Waals surface area contributed by atoms with Crippen molar-refractivity contribution in [3.05, 3.63) is 29.8 Å². The van der Waals surface area contributed by atoms with Crippen LogP contribution in [0, 0.1) is 0 Å². The van der Waals surface area contributed by atoms with Crippen molar-refractivity contribution < 1.29 is 26.4 Å². The van der Waals surface area contributed by atoms with E-state index in [9.17, 15) is 26.4 Å². The molecule has 29 heavy (non-hydrogen) atoms. The SMILES string of the molecule is CS(=O)(=O)N(CC(=O)NCCCN1CCCCCC1)c1cccc(C(F)(F)F)c1. The van der Waals surface area contributed by atoms with Crippen molar-refractivity contribution in [2.24, 2.45) is 0 Å². The Hall–Kier alpha value is -1.81. The first-order chi connectivity index (χ1) is 13.6. The van der Waals surface area contributed by atoms with Gasteiger partial charge in [-0.2, -0.15) is 13.2 Å². The summed E-state index contributed by atoms with van der Waals surface area (Å²) in [5, 5.41) is 2.66. The van der Waals surface area contributed by atoms with Crippen molar-refractivity contribution in [3.8, 4) is 0 Å². The Morgan fingerprint density at radius 1 is 1.17 bits per heavy atom. The van der Waals surface area contributed by atoms with Crippen LogP contribution in [0.25, 0.3) is 0 Å². The van der Waals surface area contributed by atoms with Crippen LogP contribution in [-0.4, -0.2) is 58.2 Å². The van der Waals surface area contributed by atoms with Crippen LogP contribution in [-0.2, 0) is 21.0 Å². The van der Waals surface area contributed by atoms with Crippen molar-refractivity contribution in [1.82, 2.24) is 10.2 Å². The van der Waals surface area contributed by atoms with E-state index in [1.165, 1.54) is 31.7 Å². The zero-order valence-electron chi connectivity index (χ0n) is 16.5. The van der Waals surface area contributed by atoms with Gasteiger partial charge in [0.2, 0.25) is 15.9 Å². The van der Waals surface area contributed by atoms with Gasteiger partial charge in [0.25, 0.3) is 0 Å². The summed E-state index contributed by atoms with van der Waals surface area (Å²) >= 11 is 0. The smallest absolute Gasteiger partial charge is 0.354 e. The van der Waals surface area contributed by atoms with Gasteiger partial charge in [-0.3, -0.25) is 9.10 Å². The van der Waals surface area contributed by atoms with Gasteiger partial charge in [0.05, 0.1) is 17.5 Å². The Morgan fingerprint density at radius 2 is 1.83 bits per heavy atom. The molecule has 1 heterocycles. The standard InChI is InChI=1S/C19H28F3N3O3S/c1-29(27,28)25(17-9-6-8-16(14-17)19(20,21)22)15-18(26)23-10-7-13-24-11-4-2-3-5-12-24/h6,8-9,14H,2-5,7,10-13,15H2,1H3,(H,23,26). The molecule has 0 unspecified atom stereocenters. The van der Waals surface area contributed by atoms with Gasteiger partial charge in [0.1, 0.15) is 6.54 Å². The summed E-state index contributed by atoms with van der Waals surface area (Å²) in [6.07, 6.45) is 1.82. The molecular formula is C19H28F3N3O3S. The molecule has 1 aromatic carbocycles. The monoisotopic (exact) mass is 435 g/mol. The lowest BCUT2D eigenvalue weighted by atomic mass is 10.2. The molecule has 10 heteroatoms. The molecular weight excluding hydrogens is 407 g/mol. The molecule has 0 aliphatic carbocycles. The van der Waals surface area contributed by atoms with E-state index in [4.69, 9.17) is 0 Å². The quantitative estimate of drug-likeness (QED) is 0.638. The third-order valence-corrected chi connectivity index (χ3v) is 5.96. The molecule has 164 valence electrons. The highest BCUT2D eigenvalue weighted by atomic mass is 32.2. The molecule has 1 fully saturated rings. The Labute approximate surface area is 170 Å². The van der Waals surface area contributed by atoms with Gasteiger partial charge < -0.3 is 10.2 Å². The van der Waals surface area contributed by atoms with E-state index in [-0.39, 0.29) is 5.69 Å². The highest BCUT2D eigenvalue weighted by molar-refractivity contribution is 7.92. The number of anilines is 1. The predicted octanol–water partition coefficient (Wildman–Crippen LogP) is 2.85. The van der Waals surface area contributed by atoms with Crippen LogP contribution >= 0.6 is 0 Å². The Morgan fingerprint density at radius 3 is 2.41 bits per heavy atom. The predicted molar refractivity (Wildman–Crippen MR) is 106 cm³/mol. The van der Waals surface area contributed by atoms with E-state index in [1.807, 2.05) is 0 Å². The fourth-order valence-electron chi connectivity index (χ4n) is 3.31. The van der Waals surface area contributed by atoms with Crippen LogP contribution in [0.4, 0.5) is 18.9 Å². The third kappa shape index (κ3) is 7.85. The summed E-state index contributed by atoms with van der Waals surface area (Å²) in [6.45, 7) is 2.76. The molecule has 0 radical (unpaired) electrons. The lowest BCUT2D eigenvalue weighted by molar-refractivity contribution is -0.137. The maximum Gasteiger partial charge on any atom is 0.416 e. The minimum atomic E-state index is -4.60. The van der Waals surface area contributed by atoms with E-state index >= 15 is 0 Å². The average Bonchev–Trinajstić information content (AvgIpc) is 2.90. The van der Waals surface area contributed by atoms with Gasteiger partial charge in [-0.15, -0.1) is 0 Å². The summed E-state index contributed by atoms with van der Waals surface area (Å²) in [6, 6.07) is 3.94. The number of nitrogens with zero attached hydrogens (tertiary/aromatic N) is 2. The second kappa shape index (κ2) is 10.3. The zero-order valence-corrected chi connectivity index (χ0v) is 17.4. The van der Waals surface area contributed by atoms with E-state index < -0.39 is 34.2 Å². The Kier molecular flexibility index (Phi) is 8.33. The molecule has 0 aromatic heterocycles. The maximum atomic E-state index is 12.9. The van der Waals surface area contributed by atoms with E-state index in [0.29, 0.717) is 10.8 Å². The van der Waals surface area contributed by atoms with Crippen LogP contribution < -0.4 is 9.62 Å². The molecule has 2 rings (SSSR count). The lowest BCUT2D eigenvalue weighted by Gasteiger charge is -2.23. The molecule has 6 nitrogen and oxygen atoms in total. The summed E-state index contributed by atoms with van der Waals surface area (Å²) in [4.78, 5) is 14.6. The van der Waals surface area contributed by atoms with E-state index in [0.717, 1.165) is 50.5 Å². The van der Waals surface area contributed by atoms with E-state index in [2.05, 4.69) is 10.2 Å². The molecule has 0 atom stereocenters. The van der Waals surface area contributed by atoms with Crippen LogP contribution in [0.5, 0.6) is 0 Å². The van der Waals surface area contributed by atoms with Gasteiger partial charge in [-0.25, -0.2) is 8.42 Å². The van der Waals surface area contributed by atoms with Gasteiger partial charge in [0.15, 0.2) is 0 Å². The van der Waals surface area contributed by atoms with Gasteiger partial charge in [-0.05, 0) is 57.1 Å². The first-order valence-corrected chi connectivity index (χ1v) is 11.6. The molecule has 1 aliphatic heterocycles. The molecule has 0 spiro atoms. The van der Waals surface area contributed by atoms with Crippen molar-refractivity contribution >= 4 is 21.6 Å². The highest BCUT2D eigenvalue weighted by Crippen LogP contribution is 2.32. The van der Waals surface area contributed by atoms with E-state index in [1.54, 1.807) is 0 Å². The number of alkyl halides is 3. The molecule has 1 N–H and O–H groups in total. The summed E-state index contributed by atoms with van der Waals surface area (Å²) in [5.41, 5.74) is -1.16. The largest absolute Gasteiger partial charge is 0.416 e. The molecule has 1 aliphatic rings. The van der Waals surface area contributed by atoms with Crippen LogP contribution in [0.1, 0.15) is 37.7 Å². The zero-order chi connectivity index (χ0) is 21.5. The van der Waals surface area contributed by atoms with Crippen LogP contribution in [0.15, 0.2) is 24.3 Å². The number of halogens is 3. The average molecular weight is 436 g/mol. The number of likely N-dealkylation sites (tertiary alicyclic amines) is 1. The second-order valence-corrected chi connectivity index (χ2v) is 9.18. The minimum absolute atomic E-state index is 0.193. The molecule has 0 saturated carbocycles. The molecule has 0 bridgehead atoms. The Balaban J connectivity index is 1.92. The number of benzene rings is 1. The fourth-order valence-corrected chi connectivity index (χ4v) is 4.16. The number of carbonyl (C=O) groups is 1. The Bertz CT molecular complexity index is 776. The maximum absolute atomic E-state index is 12.9. The van der Waals surface area contributed by atoms with Crippen molar-refractivity contribution in [2.45, 2.75) is 38.3 Å². The van der Waals surface area contributed by atoms with Crippen molar-refractivity contribution in [1.29, 1.82) is 0 Å². The number of hydrogen-bond acceptors (Lipinski definition) is 4. The van der Waals surface area contributed by atoms with Gasteiger partial charge >= 0.3 is 6.18 Å².